The summed E-state index contributed by atoms with van der Waals surface area (Å²) < 4.78 is 6.63. The van der Waals surface area contributed by atoms with Crippen LogP contribution >= 0.6 is 0 Å². The molecule has 5 heteroatoms. The smallest absolute Gasteiger partial charge is 0.175 e. The molecule has 5 nitrogen and oxygen atoms in total. The lowest BCUT2D eigenvalue weighted by molar-refractivity contribution is -0.366. The second-order valence-electron chi connectivity index (χ2n) is 12.0. The van der Waals surface area contributed by atoms with Crippen LogP contribution in [-0.4, -0.2) is 41.3 Å². The normalized spacial score (nSPS) is 54.0. The fraction of sp³-hybridized carbons (Fsp3) is 0.720. The van der Waals surface area contributed by atoms with Gasteiger partial charge in [0, 0.05) is 5.92 Å². The van der Waals surface area contributed by atoms with Crippen molar-refractivity contribution >= 4 is 17.9 Å². The second kappa shape index (κ2) is 4.91. The van der Waals surface area contributed by atoms with Crippen molar-refractivity contribution in [2.75, 3.05) is 6.61 Å². The van der Waals surface area contributed by atoms with Crippen LogP contribution in [0.15, 0.2) is 23.8 Å². The van der Waals surface area contributed by atoms with Gasteiger partial charge in [0.25, 0.3) is 0 Å². The summed E-state index contributed by atoms with van der Waals surface area (Å²) in [5.41, 5.74) is -3.14. The number of ketones is 2. The average Bonchev–Trinajstić information content (AvgIpc) is 2.95. The molecule has 0 radical (unpaired) electrons. The highest BCUT2D eigenvalue weighted by Crippen LogP contribution is 2.84. The molecule has 0 unspecified atom stereocenters. The number of aliphatic hydroxyl groups is 1. The first-order valence-electron chi connectivity index (χ1n) is 11.2. The summed E-state index contributed by atoms with van der Waals surface area (Å²) in [5, 5.41) is 12.1. The lowest BCUT2D eigenvalue weighted by Gasteiger charge is -2.74. The van der Waals surface area contributed by atoms with Gasteiger partial charge in [0.15, 0.2) is 17.9 Å². The highest BCUT2D eigenvalue weighted by Gasteiger charge is 2.91. The van der Waals surface area contributed by atoms with E-state index in [1.807, 2.05) is 13.8 Å². The van der Waals surface area contributed by atoms with E-state index in [1.54, 1.807) is 6.08 Å². The van der Waals surface area contributed by atoms with Gasteiger partial charge in [0.05, 0.1) is 29.1 Å². The molecule has 7 rings (SSSR count). The lowest BCUT2D eigenvalue weighted by atomic mass is 9.33. The fourth-order valence-corrected chi connectivity index (χ4v) is 10.0. The van der Waals surface area contributed by atoms with E-state index in [9.17, 15) is 19.5 Å². The minimum absolute atomic E-state index is 0.00922. The predicted molar refractivity (Wildman–Crippen MR) is 108 cm³/mol. The van der Waals surface area contributed by atoms with Gasteiger partial charge in [0.1, 0.15) is 5.60 Å². The summed E-state index contributed by atoms with van der Waals surface area (Å²) in [7, 11) is 0. The zero-order chi connectivity index (χ0) is 21.6. The largest absolute Gasteiger partial charge is 0.390 e. The van der Waals surface area contributed by atoms with Crippen molar-refractivity contribution in [3.8, 4) is 0 Å². The van der Waals surface area contributed by atoms with E-state index >= 15 is 0 Å². The SMILES string of the molecule is C=C1C(=O)[C@@]23[C@@H]4CC(C)(C)[C@]25OC[C@]2(C(=O)C(C=O)=CC(C)(C)[C@H]2[C@@H]5O)[C@@H]3CC[C@@H]14. The van der Waals surface area contributed by atoms with Gasteiger partial charge in [-0.1, -0.05) is 40.3 Å². The number of ether oxygens (including phenoxy) is 1. The van der Waals surface area contributed by atoms with Crippen LogP contribution in [0.1, 0.15) is 47.0 Å². The third-order valence-corrected chi connectivity index (χ3v) is 10.4. The topological polar surface area (TPSA) is 80.7 Å². The van der Waals surface area contributed by atoms with E-state index in [-0.39, 0.29) is 47.4 Å². The Morgan fingerprint density at radius 3 is 2.53 bits per heavy atom. The van der Waals surface area contributed by atoms with E-state index in [0.29, 0.717) is 11.9 Å². The molecular weight excluding hydrogens is 380 g/mol. The monoisotopic (exact) mass is 410 g/mol. The molecule has 1 N–H and O–H groups in total. The number of aliphatic hydroxyl groups excluding tert-OH is 1. The van der Waals surface area contributed by atoms with Crippen molar-refractivity contribution in [1.29, 1.82) is 0 Å². The van der Waals surface area contributed by atoms with Gasteiger partial charge in [-0.25, -0.2) is 0 Å². The van der Waals surface area contributed by atoms with Crippen LogP contribution in [0.2, 0.25) is 0 Å². The molecule has 4 saturated carbocycles. The third-order valence-electron chi connectivity index (χ3n) is 10.4. The van der Waals surface area contributed by atoms with Crippen molar-refractivity contribution in [3.05, 3.63) is 23.8 Å². The second-order valence-corrected chi connectivity index (χ2v) is 12.0. The van der Waals surface area contributed by atoms with Gasteiger partial charge in [-0.2, -0.15) is 0 Å². The Labute approximate surface area is 176 Å². The average molecular weight is 411 g/mol. The first-order chi connectivity index (χ1) is 13.9. The van der Waals surface area contributed by atoms with Gasteiger partial charge in [0.2, 0.25) is 0 Å². The summed E-state index contributed by atoms with van der Waals surface area (Å²) in [4.78, 5) is 39.8. The Morgan fingerprint density at radius 1 is 1.17 bits per heavy atom. The number of fused-ring (bicyclic) bond motifs is 1. The Bertz CT molecular complexity index is 987. The first kappa shape index (κ1) is 19.1. The molecule has 4 bridgehead atoms. The number of carbonyl (C=O) groups excluding carboxylic acids is 3. The Kier molecular flexibility index (Phi) is 3.13. The van der Waals surface area contributed by atoms with Crippen LogP contribution in [-0.2, 0) is 19.1 Å². The Balaban J connectivity index is 1.74. The molecule has 6 fully saturated rings. The maximum absolute atomic E-state index is 14.0. The summed E-state index contributed by atoms with van der Waals surface area (Å²) in [6.07, 6.45) is 3.79. The summed E-state index contributed by atoms with van der Waals surface area (Å²) in [6, 6.07) is 0. The Hall–Kier alpha value is -1.59. The van der Waals surface area contributed by atoms with Gasteiger partial charge in [-0.05, 0) is 53.4 Å². The van der Waals surface area contributed by atoms with E-state index in [4.69, 9.17) is 4.74 Å². The number of aldehydes is 1. The molecule has 5 aliphatic carbocycles. The van der Waals surface area contributed by atoms with Gasteiger partial charge >= 0.3 is 0 Å². The van der Waals surface area contributed by atoms with Crippen molar-refractivity contribution in [3.63, 3.8) is 0 Å². The number of rotatable bonds is 1. The van der Waals surface area contributed by atoms with Crippen LogP contribution in [0.3, 0.4) is 0 Å². The molecule has 0 aromatic carbocycles. The van der Waals surface area contributed by atoms with Gasteiger partial charge in [-0.3, -0.25) is 14.4 Å². The van der Waals surface area contributed by atoms with Crippen LogP contribution < -0.4 is 0 Å². The van der Waals surface area contributed by atoms with Crippen molar-refractivity contribution < 1.29 is 24.2 Å². The van der Waals surface area contributed by atoms with Gasteiger partial charge < -0.3 is 9.84 Å². The zero-order valence-corrected chi connectivity index (χ0v) is 18.2. The molecule has 30 heavy (non-hydrogen) atoms. The maximum atomic E-state index is 14.0. The van der Waals surface area contributed by atoms with Gasteiger partial charge in [-0.15, -0.1) is 0 Å². The number of hydrogen-bond donors (Lipinski definition) is 1. The zero-order valence-electron chi connectivity index (χ0n) is 18.2. The van der Waals surface area contributed by atoms with Crippen LogP contribution in [0.25, 0.3) is 0 Å². The summed E-state index contributed by atoms with van der Waals surface area (Å²) in [5.74, 6) is -0.694. The van der Waals surface area contributed by atoms with E-state index in [1.165, 1.54) is 0 Å². The molecule has 0 aromatic rings. The van der Waals surface area contributed by atoms with E-state index < -0.39 is 33.4 Å². The predicted octanol–water partition coefficient (Wildman–Crippen LogP) is 2.66. The van der Waals surface area contributed by atoms with Crippen LogP contribution in [0.5, 0.6) is 0 Å². The molecule has 160 valence electrons. The molecule has 2 saturated heterocycles. The molecule has 0 aromatic heterocycles. The van der Waals surface area contributed by atoms with Crippen molar-refractivity contribution in [2.45, 2.75) is 58.7 Å². The molecule has 2 heterocycles. The lowest BCUT2D eigenvalue weighted by Crippen LogP contribution is -2.84. The number of allylic oxidation sites excluding steroid dienone is 3. The van der Waals surface area contributed by atoms with E-state index in [2.05, 4.69) is 20.4 Å². The molecule has 0 amide bonds. The minimum atomic E-state index is -1.04. The van der Waals surface area contributed by atoms with Crippen LogP contribution in [0.4, 0.5) is 0 Å². The summed E-state index contributed by atoms with van der Waals surface area (Å²) >= 11 is 0. The Morgan fingerprint density at radius 2 is 1.87 bits per heavy atom. The number of Topliss-reactive ketones (excluding diaryl/α,β-unsaturated/α-hetero) is 2. The standard InChI is InChI=1S/C25H30O5/c1-12-14-6-7-16-23-11-30-25(22(4,5)9-15(14)24(16,25)18(12)27)20(29)17(23)21(2,3)8-13(10-26)19(23)28/h8,10,14-17,20,29H,1,6-7,9,11H2,2-5H3/t14-,15+,16-,17+,20-,23-,24-,25-/m0/s1. The highest BCUT2D eigenvalue weighted by atomic mass is 16.5. The quantitative estimate of drug-likeness (QED) is 0.408. The number of hydrogen-bond acceptors (Lipinski definition) is 5. The molecular formula is C25H30O5. The van der Waals surface area contributed by atoms with Crippen LogP contribution in [0, 0.1) is 45.3 Å². The third kappa shape index (κ3) is 1.45. The summed E-state index contributed by atoms with van der Waals surface area (Å²) in [6.45, 7) is 12.6. The maximum Gasteiger partial charge on any atom is 0.175 e. The highest BCUT2D eigenvalue weighted by molar-refractivity contribution is 6.17. The first-order valence-corrected chi connectivity index (χ1v) is 11.2. The minimum Gasteiger partial charge on any atom is -0.390 e. The van der Waals surface area contributed by atoms with Crippen molar-refractivity contribution in [1.82, 2.24) is 0 Å². The molecule has 8 atom stereocenters. The number of carbonyl (C=O) groups is 3. The molecule has 2 aliphatic heterocycles. The molecule has 7 aliphatic rings. The fourth-order valence-electron chi connectivity index (χ4n) is 10.0. The van der Waals surface area contributed by atoms with Crippen molar-refractivity contribution in [2.24, 2.45) is 45.3 Å². The van der Waals surface area contributed by atoms with E-state index in [0.717, 1.165) is 19.3 Å². The molecule has 3 spiro atoms.